The number of nitrogens with two attached hydrogens (primary N) is 1. The van der Waals surface area contributed by atoms with Gasteiger partial charge in [0.05, 0.1) is 40.9 Å². The van der Waals surface area contributed by atoms with E-state index < -0.39 is 83.6 Å². The molecule has 0 aliphatic carbocycles. The predicted octanol–water partition coefficient (Wildman–Crippen LogP) is 5.82. The number of nitrogens with zero attached hydrogens (tertiary/aromatic N) is 5. The Kier molecular flexibility index (Phi) is 9.86. The molecule has 0 saturated heterocycles. The van der Waals surface area contributed by atoms with Crippen molar-refractivity contribution in [1.29, 1.82) is 0 Å². The van der Waals surface area contributed by atoms with E-state index >= 15 is 0 Å². The van der Waals surface area contributed by atoms with Gasteiger partial charge in [-0.05, 0) is 72.5 Å². The van der Waals surface area contributed by atoms with Crippen LogP contribution in [0.3, 0.4) is 0 Å². The van der Waals surface area contributed by atoms with Crippen LogP contribution in [-0.2, 0) is 36.2 Å². The van der Waals surface area contributed by atoms with E-state index in [2.05, 4.69) is 15.4 Å². The summed E-state index contributed by atoms with van der Waals surface area (Å²) < 4.78 is 126. The Morgan fingerprint density at radius 2 is 1.60 bits per heavy atom. The Labute approximate surface area is 260 Å². The Bertz CT molecular complexity index is 1560. The standard InChI is InChI=1S/C28H29F9N6O4/c1-3-25(38)12-19(18-11-15(26(29,30)31)5-6-20(18)43(25)24(45)46)23-39-41-42(40-23)13-21(44)22(47-4-2)9-14-7-16(27(32,33)34)10-17(8-14)28(35,36)37/h5-8,10-11,19,21-22,44H,3-4,9,12-13,38H2,1-2H3,(H,45,46)/t19-,21?,22?,25+/m0/s1. The van der Waals surface area contributed by atoms with Crippen molar-refractivity contribution < 1.29 is 59.3 Å². The molecule has 1 aliphatic rings. The minimum absolute atomic E-state index is 0.0260. The van der Waals surface area contributed by atoms with Crippen molar-refractivity contribution in [2.24, 2.45) is 5.73 Å². The smallest absolute Gasteiger partial charge is 0.416 e. The van der Waals surface area contributed by atoms with E-state index in [0.717, 1.165) is 21.8 Å². The Morgan fingerprint density at radius 3 is 2.11 bits per heavy atom. The second kappa shape index (κ2) is 12.9. The van der Waals surface area contributed by atoms with Crippen LogP contribution >= 0.6 is 0 Å². The first-order valence-electron chi connectivity index (χ1n) is 14.1. The molecule has 10 nitrogen and oxygen atoms in total. The Hall–Kier alpha value is -3.97. The number of alkyl halides is 9. The summed E-state index contributed by atoms with van der Waals surface area (Å²) in [5.74, 6) is -1.26. The molecule has 2 unspecified atom stereocenters. The quantitative estimate of drug-likeness (QED) is 0.240. The summed E-state index contributed by atoms with van der Waals surface area (Å²) in [6, 6.07) is 3.46. The van der Waals surface area contributed by atoms with E-state index in [1.165, 1.54) is 6.92 Å². The molecular formula is C28H29F9N6O4. The number of aliphatic hydroxyl groups excluding tert-OH is 1. The summed E-state index contributed by atoms with van der Waals surface area (Å²) in [6.45, 7) is 2.45. The number of anilines is 1. The summed E-state index contributed by atoms with van der Waals surface area (Å²) in [5, 5.41) is 32.7. The van der Waals surface area contributed by atoms with E-state index in [-0.39, 0.29) is 42.6 Å². The summed E-state index contributed by atoms with van der Waals surface area (Å²) in [7, 11) is 0. The molecule has 1 amide bonds. The van der Waals surface area contributed by atoms with Crippen molar-refractivity contribution in [3.05, 3.63) is 70.0 Å². The molecule has 0 spiro atoms. The molecule has 0 radical (unpaired) electrons. The average Bonchev–Trinajstić information content (AvgIpc) is 3.42. The monoisotopic (exact) mass is 684 g/mol. The predicted molar refractivity (Wildman–Crippen MR) is 145 cm³/mol. The van der Waals surface area contributed by atoms with E-state index in [0.29, 0.717) is 18.2 Å². The van der Waals surface area contributed by atoms with Gasteiger partial charge in [0.2, 0.25) is 0 Å². The zero-order chi connectivity index (χ0) is 35.1. The van der Waals surface area contributed by atoms with Gasteiger partial charge in [-0.1, -0.05) is 6.92 Å². The molecule has 2 heterocycles. The maximum absolute atomic E-state index is 13.6. The van der Waals surface area contributed by atoms with Crippen LogP contribution in [0.25, 0.3) is 0 Å². The lowest BCUT2D eigenvalue weighted by molar-refractivity contribution is -0.143. The number of hydrogen-bond donors (Lipinski definition) is 3. The molecule has 4 N–H and O–H groups in total. The third kappa shape index (κ3) is 7.78. The van der Waals surface area contributed by atoms with Gasteiger partial charge in [0.25, 0.3) is 0 Å². The van der Waals surface area contributed by atoms with Gasteiger partial charge in [-0.3, -0.25) is 4.90 Å². The topological polar surface area (TPSA) is 140 Å². The molecule has 4 rings (SSSR count). The van der Waals surface area contributed by atoms with Crippen molar-refractivity contribution >= 4 is 11.8 Å². The highest BCUT2D eigenvalue weighted by molar-refractivity contribution is 5.90. The molecule has 0 saturated carbocycles. The summed E-state index contributed by atoms with van der Waals surface area (Å²) in [6.07, 6.45) is -20.2. The number of amides is 1. The molecular weight excluding hydrogens is 655 g/mol. The number of fused-ring (bicyclic) bond motifs is 1. The van der Waals surface area contributed by atoms with Crippen LogP contribution in [0.5, 0.6) is 0 Å². The summed E-state index contributed by atoms with van der Waals surface area (Å²) in [5.41, 5.74) is 0.0316. The van der Waals surface area contributed by atoms with Crippen LogP contribution in [0.15, 0.2) is 36.4 Å². The number of halogens is 9. The molecule has 1 aromatic heterocycles. The number of benzene rings is 2. The minimum atomic E-state index is -5.09. The summed E-state index contributed by atoms with van der Waals surface area (Å²) in [4.78, 5) is 13.8. The average molecular weight is 685 g/mol. The molecule has 47 heavy (non-hydrogen) atoms. The number of carboxylic acid groups (broad SMARTS) is 1. The maximum atomic E-state index is 13.6. The Morgan fingerprint density at radius 1 is 1.00 bits per heavy atom. The SMILES string of the molecule is CCOC(Cc1cc(C(F)(F)F)cc(C(F)(F)F)c1)C(O)Cn1nnc([C@H]2C[C@@](N)(CC)N(C(=O)O)c3ccc(C(F)(F)F)cc32)n1. The fourth-order valence-corrected chi connectivity index (χ4v) is 5.48. The second-order valence-electron chi connectivity index (χ2n) is 11.0. The normalized spacial score (nSPS) is 20.2. The number of tetrazole rings is 1. The van der Waals surface area contributed by atoms with Gasteiger partial charge in [-0.25, -0.2) is 4.79 Å². The summed E-state index contributed by atoms with van der Waals surface area (Å²) >= 11 is 0. The number of aromatic nitrogens is 4. The number of hydrogen-bond acceptors (Lipinski definition) is 7. The second-order valence-corrected chi connectivity index (χ2v) is 11.0. The van der Waals surface area contributed by atoms with Crippen molar-refractivity contribution in [2.45, 2.75) is 82.0 Å². The van der Waals surface area contributed by atoms with Gasteiger partial charge >= 0.3 is 24.6 Å². The minimum Gasteiger partial charge on any atom is -0.465 e. The highest BCUT2D eigenvalue weighted by Crippen LogP contribution is 2.47. The molecule has 3 aromatic rings. The number of carbonyl (C=O) groups is 1. The molecule has 1 aliphatic heterocycles. The highest BCUT2D eigenvalue weighted by Gasteiger charge is 2.47. The number of ether oxygens (including phenoxy) is 1. The van der Waals surface area contributed by atoms with Crippen LogP contribution in [0.2, 0.25) is 0 Å². The van der Waals surface area contributed by atoms with E-state index in [1.54, 1.807) is 6.92 Å². The first-order valence-corrected chi connectivity index (χ1v) is 14.1. The van der Waals surface area contributed by atoms with E-state index in [9.17, 15) is 54.5 Å². The van der Waals surface area contributed by atoms with E-state index in [4.69, 9.17) is 10.5 Å². The lowest BCUT2D eigenvalue weighted by Gasteiger charge is -2.45. The third-order valence-corrected chi connectivity index (χ3v) is 7.80. The van der Waals surface area contributed by atoms with Crippen molar-refractivity contribution in [2.75, 3.05) is 11.5 Å². The van der Waals surface area contributed by atoms with Crippen LogP contribution in [0.1, 0.15) is 66.2 Å². The lowest BCUT2D eigenvalue weighted by Crippen LogP contribution is -2.61. The van der Waals surface area contributed by atoms with Crippen molar-refractivity contribution in [3.63, 3.8) is 0 Å². The van der Waals surface area contributed by atoms with Crippen LogP contribution in [-0.4, -0.2) is 61.0 Å². The molecule has 0 fully saturated rings. The van der Waals surface area contributed by atoms with Gasteiger partial charge in [-0.15, -0.1) is 10.2 Å². The maximum Gasteiger partial charge on any atom is 0.416 e. The van der Waals surface area contributed by atoms with E-state index in [1.807, 2.05) is 0 Å². The number of aliphatic hydroxyl groups is 1. The van der Waals surface area contributed by atoms with Gasteiger partial charge in [0, 0.05) is 13.0 Å². The molecule has 2 aromatic carbocycles. The fraction of sp³-hybridized carbons (Fsp3) is 0.500. The molecule has 19 heteroatoms. The Balaban J connectivity index is 1.65. The van der Waals surface area contributed by atoms with Crippen LogP contribution in [0, 0.1) is 0 Å². The van der Waals surface area contributed by atoms with Gasteiger partial charge in [0.1, 0.15) is 11.8 Å². The highest BCUT2D eigenvalue weighted by atomic mass is 19.4. The van der Waals surface area contributed by atoms with Gasteiger partial charge < -0.3 is 20.7 Å². The van der Waals surface area contributed by atoms with Crippen molar-refractivity contribution in [3.8, 4) is 0 Å². The van der Waals surface area contributed by atoms with Crippen LogP contribution < -0.4 is 10.6 Å². The molecule has 0 bridgehead atoms. The zero-order valence-corrected chi connectivity index (χ0v) is 24.7. The lowest BCUT2D eigenvalue weighted by atomic mass is 9.80. The first-order chi connectivity index (χ1) is 21.7. The van der Waals surface area contributed by atoms with Crippen molar-refractivity contribution in [1.82, 2.24) is 20.2 Å². The molecule has 4 atom stereocenters. The molecule has 258 valence electrons. The third-order valence-electron chi connectivity index (χ3n) is 7.80. The van der Waals surface area contributed by atoms with Crippen LogP contribution in [0.4, 0.5) is 50.0 Å². The van der Waals surface area contributed by atoms with Gasteiger partial charge in [-0.2, -0.15) is 44.3 Å². The fourth-order valence-electron chi connectivity index (χ4n) is 5.48. The van der Waals surface area contributed by atoms with Gasteiger partial charge in [0.15, 0.2) is 5.82 Å². The first kappa shape index (κ1) is 35.9. The largest absolute Gasteiger partial charge is 0.465 e. The zero-order valence-electron chi connectivity index (χ0n) is 24.7. The number of rotatable bonds is 9.